The average molecular weight is 224 g/mol. The summed E-state index contributed by atoms with van der Waals surface area (Å²) in [4.78, 5) is 10.3. The Kier molecular flexibility index (Phi) is 3.30. The number of carbonyl (C=O) groups is 1. The SMILES string of the molecule is O=C(O)c1cc(COCC(F)(F)F)[nH]n1. The van der Waals surface area contributed by atoms with Crippen LogP contribution >= 0.6 is 0 Å². The summed E-state index contributed by atoms with van der Waals surface area (Å²) in [6, 6.07) is 1.11. The molecule has 1 aromatic rings. The molecule has 0 unspecified atom stereocenters. The van der Waals surface area contributed by atoms with E-state index in [-0.39, 0.29) is 18.0 Å². The number of rotatable bonds is 4. The van der Waals surface area contributed by atoms with Crippen molar-refractivity contribution in [1.29, 1.82) is 0 Å². The predicted molar refractivity (Wildman–Crippen MR) is 41.3 cm³/mol. The third-order valence-corrected chi connectivity index (χ3v) is 1.37. The maximum absolute atomic E-state index is 11.6. The molecule has 5 nitrogen and oxygen atoms in total. The van der Waals surface area contributed by atoms with Gasteiger partial charge in [-0.15, -0.1) is 0 Å². The molecule has 1 heterocycles. The van der Waals surface area contributed by atoms with Crippen molar-refractivity contribution in [2.75, 3.05) is 6.61 Å². The molecule has 15 heavy (non-hydrogen) atoms. The Hall–Kier alpha value is -1.57. The average Bonchev–Trinajstić information content (AvgIpc) is 2.50. The van der Waals surface area contributed by atoms with Gasteiger partial charge in [0, 0.05) is 0 Å². The lowest BCUT2D eigenvalue weighted by Gasteiger charge is -2.05. The lowest BCUT2D eigenvalue weighted by molar-refractivity contribution is -0.176. The number of alkyl halides is 3. The molecular weight excluding hydrogens is 217 g/mol. The highest BCUT2D eigenvalue weighted by atomic mass is 19.4. The van der Waals surface area contributed by atoms with Crippen molar-refractivity contribution in [3.8, 4) is 0 Å². The summed E-state index contributed by atoms with van der Waals surface area (Å²) >= 11 is 0. The predicted octanol–water partition coefficient (Wildman–Crippen LogP) is 1.19. The van der Waals surface area contributed by atoms with Gasteiger partial charge in [0.15, 0.2) is 5.69 Å². The van der Waals surface area contributed by atoms with Gasteiger partial charge in [-0.3, -0.25) is 5.10 Å². The summed E-state index contributed by atoms with van der Waals surface area (Å²) in [5.74, 6) is -1.26. The fraction of sp³-hybridized carbons (Fsp3) is 0.429. The van der Waals surface area contributed by atoms with Crippen molar-refractivity contribution >= 4 is 5.97 Å². The molecule has 84 valence electrons. The fourth-order valence-corrected chi connectivity index (χ4v) is 0.822. The zero-order valence-corrected chi connectivity index (χ0v) is 7.34. The Balaban J connectivity index is 2.41. The Morgan fingerprint density at radius 2 is 2.27 bits per heavy atom. The maximum Gasteiger partial charge on any atom is 0.411 e. The monoisotopic (exact) mass is 224 g/mol. The molecule has 1 rings (SSSR count). The number of hydrogen-bond acceptors (Lipinski definition) is 3. The van der Waals surface area contributed by atoms with Gasteiger partial charge in [0.25, 0.3) is 0 Å². The summed E-state index contributed by atoms with van der Waals surface area (Å²) in [5, 5.41) is 14.0. The minimum atomic E-state index is -4.39. The number of carboxylic acids is 1. The number of hydrogen-bond donors (Lipinski definition) is 2. The van der Waals surface area contributed by atoms with Crippen LogP contribution in [0.1, 0.15) is 16.2 Å². The molecule has 0 bridgehead atoms. The molecule has 2 N–H and O–H groups in total. The highest BCUT2D eigenvalue weighted by Gasteiger charge is 2.27. The molecule has 1 aromatic heterocycles. The number of H-pyrrole nitrogens is 1. The number of nitrogens with one attached hydrogen (secondary N) is 1. The number of aromatic amines is 1. The molecule has 0 radical (unpaired) electrons. The maximum atomic E-state index is 11.6. The second-order valence-corrected chi connectivity index (χ2v) is 2.69. The lowest BCUT2D eigenvalue weighted by Crippen LogP contribution is -2.16. The van der Waals surface area contributed by atoms with Crippen molar-refractivity contribution in [2.24, 2.45) is 0 Å². The van der Waals surface area contributed by atoms with Gasteiger partial charge in [0.1, 0.15) is 6.61 Å². The summed E-state index contributed by atoms with van der Waals surface area (Å²) in [7, 11) is 0. The van der Waals surface area contributed by atoms with Gasteiger partial charge in [-0.2, -0.15) is 18.3 Å². The zero-order chi connectivity index (χ0) is 11.5. The smallest absolute Gasteiger partial charge is 0.411 e. The van der Waals surface area contributed by atoms with Crippen LogP contribution in [0.3, 0.4) is 0 Å². The van der Waals surface area contributed by atoms with Crippen LogP contribution in [0.4, 0.5) is 13.2 Å². The Morgan fingerprint density at radius 1 is 1.60 bits per heavy atom. The van der Waals surface area contributed by atoms with Crippen LogP contribution in [0.25, 0.3) is 0 Å². The number of ether oxygens (including phenoxy) is 1. The number of nitrogens with zero attached hydrogens (tertiary/aromatic N) is 1. The van der Waals surface area contributed by atoms with Crippen molar-refractivity contribution in [3.63, 3.8) is 0 Å². The van der Waals surface area contributed by atoms with Gasteiger partial charge >= 0.3 is 12.1 Å². The molecule has 0 fully saturated rings. The fourth-order valence-electron chi connectivity index (χ4n) is 0.822. The first-order chi connectivity index (χ1) is 6.88. The largest absolute Gasteiger partial charge is 0.476 e. The minimum absolute atomic E-state index is 0.177. The number of halogens is 3. The topological polar surface area (TPSA) is 75.2 Å². The first-order valence-corrected chi connectivity index (χ1v) is 3.80. The van der Waals surface area contributed by atoms with Crippen LogP contribution < -0.4 is 0 Å². The normalized spacial score (nSPS) is 11.7. The Labute approximate surface area is 81.9 Å². The van der Waals surface area contributed by atoms with Gasteiger partial charge in [-0.25, -0.2) is 4.79 Å². The highest BCUT2D eigenvalue weighted by molar-refractivity contribution is 5.85. The van der Waals surface area contributed by atoms with Crippen molar-refractivity contribution in [1.82, 2.24) is 10.2 Å². The van der Waals surface area contributed by atoms with Crippen LogP contribution in [-0.4, -0.2) is 34.1 Å². The van der Waals surface area contributed by atoms with Crippen LogP contribution in [0.15, 0.2) is 6.07 Å². The van der Waals surface area contributed by atoms with E-state index in [4.69, 9.17) is 5.11 Å². The summed E-state index contributed by atoms with van der Waals surface area (Å²) < 4.78 is 39.2. The summed E-state index contributed by atoms with van der Waals surface area (Å²) in [6.45, 7) is -1.74. The standard InChI is InChI=1S/C7H7F3N2O3/c8-7(9,10)3-15-2-4-1-5(6(13)14)12-11-4/h1H,2-3H2,(H,11,12)(H,13,14). The minimum Gasteiger partial charge on any atom is -0.476 e. The zero-order valence-electron chi connectivity index (χ0n) is 7.34. The van der Waals surface area contributed by atoms with Gasteiger partial charge in [-0.1, -0.05) is 0 Å². The van der Waals surface area contributed by atoms with Crippen LogP contribution in [0.5, 0.6) is 0 Å². The third kappa shape index (κ3) is 3.98. The van der Waals surface area contributed by atoms with Gasteiger partial charge < -0.3 is 9.84 Å². The molecule has 0 aromatic carbocycles. The highest BCUT2D eigenvalue weighted by Crippen LogP contribution is 2.15. The second-order valence-electron chi connectivity index (χ2n) is 2.69. The molecule has 8 heteroatoms. The van der Waals surface area contributed by atoms with E-state index in [0.717, 1.165) is 6.07 Å². The van der Waals surface area contributed by atoms with E-state index in [9.17, 15) is 18.0 Å². The Bertz CT molecular complexity index is 347. The molecular formula is C7H7F3N2O3. The van der Waals surface area contributed by atoms with E-state index in [1.165, 1.54) is 0 Å². The quantitative estimate of drug-likeness (QED) is 0.805. The molecule has 0 amide bonds. The molecule has 0 aliphatic heterocycles. The number of carboxylic acid groups (broad SMARTS) is 1. The van der Waals surface area contributed by atoms with Gasteiger partial charge in [0.2, 0.25) is 0 Å². The lowest BCUT2D eigenvalue weighted by atomic mass is 10.4. The van der Waals surface area contributed by atoms with Crippen LogP contribution in [0, 0.1) is 0 Å². The van der Waals surface area contributed by atoms with Gasteiger partial charge in [-0.05, 0) is 6.07 Å². The Morgan fingerprint density at radius 3 is 2.73 bits per heavy atom. The van der Waals surface area contributed by atoms with E-state index >= 15 is 0 Å². The first kappa shape index (κ1) is 11.5. The van der Waals surface area contributed by atoms with Crippen molar-refractivity contribution in [3.05, 3.63) is 17.5 Å². The number of aromatic nitrogens is 2. The number of aromatic carboxylic acids is 1. The molecule has 0 atom stereocenters. The van der Waals surface area contributed by atoms with E-state index in [1.807, 2.05) is 0 Å². The third-order valence-electron chi connectivity index (χ3n) is 1.37. The molecule has 0 saturated carbocycles. The van der Waals surface area contributed by atoms with E-state index < -0.39 is 18.8 Å². The first-order valence-electron chi connectivity index (χ1n) is 3.80. The molecule has 0 saturated heterocycles. The van der Waals surface area contributed by atoms with Crippen molar-refractivity contribution < 1.29 is 27.8 Å². The van der Waals surface area contributed by atoms with Crippen molar-refractivity contribution in [2.45, 2.75) is 12.8 Å². The summed E-state index contributed by atoms with van der Waals surface area (Å²) in [5.41, 5.74) is -0.0859. The van der Waals surface area contributed by atoms with E-state index in [1.54, 1.807) is 0 Å². The van der Waals surface area contributed by atoms with E-state index in [0.29, 0.717) is 0 Å². The molecule has 0 aliphatic carbocycles. The second kappa shape index (κ2) is 4.30. The molecule has 0 spiro atoms. The van der Waals surface area contributed by atoms with Gasteiger partial charge in [0.05, 0.1) is 12.3 Å². The summed E-state index contributed by atoms with van der Waals surface area (Å²) in [6.07, 6.45) is -4.39. The molecule has 0 aliphatic rings. The van der Waals surface area contributed by atoms with E-state index in [2.05, 4.69) is 14.9 Å². The van der Waals surface area contributed by atoms with Crippen LogP contribution in [0.2, 0.25) is 0 Å². The van der Waals surface area contributed by atoms with Crippen LogP contribution in [-0.2, 0) is 11.3 Å².